The van der Waals surface area contributed by atoms with Gasteiger partial charge in [-0.25, -0.2) is 4.98 Å². The van der Waals surface area contributed by atoms with Gasteiger partial charge in [0, 0.05) is 19.2 Å². The third-order valence-corrected chi connectivity index (χ3v) is 7.89. The summed E-state index contributed by atoms with van der Waals surface area (Å²) in [5.74, 6) is -0.0353. The van der Waals surface area contributed by atoms with Gasteiger partial charge in [-0.3, -0.25) is 9.59 Å². The third kappa shape index (κ3) is 4.34. The van der Waals surface area contributed by atoms with Crippen LogP contribution in [-0.2, 0) is 0 Å². The van der Waals surface area contributed by atoms with Gasteiger partial charge in [0.1, 0.15) is 5.69 Å². The number of H-pyrrole nitrogens is 1. The second-order valence-electron chi connectivity index (χ2n) is 7.15. The predicted octanol–water partition coefficient (Wildman–Crippen LogP) is 3.70. The first-order valence-corrected chi connectivity index (χ1v) is 12.5. The summed E-state index contributed by atoms with van der Waals surface area (Å²) < 4.78 is 6.17. The molecule has 0 saturated carbocycles. The highest BCUT2D eigenvalue weighted by Gasteiger charge is 2.19. The van der Waals surface area contributed by atoms with Gasteiger partial charge < -0.3 is 14.3 Å². The van der Waals surface area contributed by atoms with E-state index in [0.29, 0.717) is 9.20 Å². The molecular formula is C22H19N3O3S3. The number of aromatic amines is 1. The average molecular weight is 470 g/mol. The maximum atomic E-state index is 12.6. The number of Topliss-reactive ketones (excluding diaryl/α,β-unsaturated/α-hetero) is 1. The number of thiophene rings is 1. The molecule has 6 nitrogen and oxygen atoms in total. The summed E-state index contributed by atoms with van der Waals surface area (Å²) in [7, 11) is 0. The van der Waals surface area contributed by atoms with Gasteiger partial charge >= 0.3 is 0 Å². The lowest BCUT2D eigenvalue weighted by Crippen LogP contribution is -2.29. The van der Waals surface area contributed by atoms with E-state index in [1.807, 2.05) is 17.5 Å². The highest BCUT2D eigenvalue weighted by atomic mass is 32.1. The van der Waals surface area contributed by atoms with Crippen molar-refractivity contribution in [1.82, 2.24) is 9.97 Å². The van der Waals surface area contributed by atoms with E-state index in [0.717, 1.165) is 33.7 Å². The summed E-state index contributed by atoms with van der Waals surface area (Å²) in [6.07, 6.45) is 8.36. The zero-order chi connectivity index (χ0) is 21.2. The molecule has 158 valence electrons. The molecule has 31 heavy (non-hydrogen) atoms. The van der Waals surface area contributed by atoms with Crippen molar-refractivity contribution >= 4 is 57.1 Å². The van der Waals surface area contributed by atoms with Crippen molar-refractivity contribution in [3.8, 4) is 10.6 Å². The molecule has 4 aromatic rings. The molecule has 0 atom stereocenters. The monoisotopic (exact) mass is 469 g/mol. The summed E-state index contributed by atoms with van der Waals surface area (Å²) in [5.41, 5.74) is 0.694. The van der Waals surface area contributed by atoms with E-state index in [9.17, 15) is 9.59 Å². The van der Waals surface area contributed by atoms with Crippen LogP contribution in [0.4, 0.5) is 5.13 Å². The number of furan rings is 1. The van der Waals surface area contributed by atoms with Gasteiger partial charge in [-0.15, -0.1) is 22.7 Å². The van der Waals surface area contributed by atoms with E-state index in [1.54, 1.807) is 34.8 Å². The van der Waals surface area contributed by atoms with Crippen molar-refractivity contribution in [3.63, 3.8) is 0 Å². The minimum atomic E-state index is -0.279. The normalized spacial score (nSPS) is 15.7. The van der Waals surface area contributed by atoms with E-state index in [4.69, 9.17) is 9.40 Å². The van der Waals surface area contributed by atoms with E-state index in [-0.39, 0.29) is 17.1 Å². The number of thiazole rings is 2. The van der Waals surface area contributed by atoms with Crippen molar-refractivity contribution < 1.29 is 9.21 Å². The van der Waals surface area contributed by atoms with Crippen LogP contribution in [0.25, 0.3) is 22.7 Å². The molecule has 4 aromatic heterocycles. The molecule has 9 heteroatoms. The molecule has 5 rings (SSSR count). The molecule has 0 aromatic carbocycles. The van der Waals surface area contributed by atoms with Crippen molar-refractivity contribution in [1.29, 1.82) is 0 Å². The quantitative estimate of drug-likeness (QED) is 0.451. The smallest absolute Gasteiger partial charge is 0.266 e. The molecule has 0 bridgehead atoms. The van der Waals surface area contributed by atoms with Crippen LogP contribution in [0.3, 0.4) is 0 Å². The number of aromatic nitrogens is 2. The highest BCUT2D eigenvalue weighted by molar-refractivity contribution is 7.18. The molecule has 5 heterocycles. The van der Waals surface area contributed by atoms with Crippen LogP contribution in [-0.4, -0.2) is 28.8 Å². The first kappa shape index (κ1) is 20.2. The molecule has 1 fully saturated rings. The predicted molar refractivity (Wildman–Crippen MR) is 127 cm³/mol. The van der Waals surface area contributed by atoms with Gasteiger partial charge in [0.05, 0.1) is 25.2 Å². The number of piperidine rings is 1. The summed E-state index contributed by atoms with van der Waals surface area (Å²) in [4.78, 5) is 36.9. The number of nitrogens with zero attached hydrogens (tertiary/aromatic N) is 2. The first-order chi connectivity index (χ1) is 15.2. The summed E-state index contributed by atoms with van der Waals surface area (Å²) in [5, 5.41) is 3.03. The molecule has 1 aliphatic heterocycles. The zero-order valence-electron chi connectivity index (χ0n) is 16.5. The fourth-order valence-corrected chi connectivity index (χ4v) is 6.29. The Morgan fingerprint density at radius 3 is 2.77 bits per heavy atom. The second kappa shape index (κ2) is 8.78. The van der Waals surface area contributed by atoms with Crippen molar-refractivity contribution in [2.24, 2.45) is 0 Å². The Kier molecular flexibility index (Phi) is 5.71. The zero-order valence-corrected chi connectivity index (χ0v) is 18.9. The molecule has 1 saturated heterocycles. The highest BCUT2D eigenvalue weighted by Crippen LogP contribution is 2.36. The third-order valence-electron chi connectivity index (χ3n) is 4.99. The fourth-order valence-electron chi connectivity index (χ4n) is 3.48. The molecule has 0 radical (unpaired) electrons. The Morgan fingerprint density at radius 2 is 2.03 bits per heavy atom. The Morgan fingerprint density at radius 1 is 1.16 bits per heavy atom. The van der Waals surface area contributed by atoms with Crippen molar-refractivity contribution in [2.75, 3.05) is 18.0 Å². The maximum absolute atomic E-state index is 12.6. The maximum Gasteiger partial charge on any atom is 0.266 e. The number of carbonyl (C=O) groups excluding carboxylic acids is 1. The molecule has 1 aliphatic rings. The summed E-state index contributed by atoms with van der Waals surface area (Å²) >= 11 is 4.51. The van der Waals surface area contributed by atoms with E-state index in [2.05, 4.69) is 16.0 Å². The minimum Gasteiger partial charge on any atom is -0.461 e. The van der Waals surface area contributed by atoms with Crippen LogP contribution in [0, 0.1) is 0 Å². The lowest BCUT2D eigenvalue weighted by atomic mass is 10.1. The molecule has 0 aliphatic carbocycles. The average Bonchev–Trinajstić information content (AvgIpc) is 3.57. The molecule has 0 unspecified atom stereocenters. The Labute approximate surface area is 189 Å². The van der Waals surface area contributed by atoms with Crippen LogP contribution in [0.1, 0.15) is 34.7 Å². The first-order valence-electron chi connectivity index (χ1n) is 9.97. The number of carbonyl (C=O) groups is 1. The molecular weight excluding hydrogens is 450 g/mol. The largest absolute Gasteiger partial charge is 0.461 e. The van der Waals surface area contributed by atoms with Crippen molar-refractivity contribution in [2.45, 2.75) is 19.3 Å². The van der Waals surface area contributed by atoms with Gasteiger partial charge in [0.25, 0.3) is 5.56 Å². The second-order valence-corrected chi connectivity index (χ2v) is 10.2. The Bertz CT molecular complexity index is 1360. The van der Waals surface area contributed by atoms with E-state index < -0.39 is 0 Å². The van der Waals surface area contributed by atoms with Gasteiger partial charge in [-0.05, 0) is 48.9 Å². The summed E-state index contributed by atoms with van der Waals surface area (Å²) in [6.45, 7) is 2.04. The van der Waals surface area contributed by atoms with Gasteiger partial charge in [-0.2, -0.15) is 0 Å². The minimum absolute atomic E-state index is 0.214. The van der Waals surface area contributed by atoms with Crippen LogP contribution < -0.4 is 19.7 Å². The number of hydrogen-bond acceptors (Lipinski definition) is 8. The topological polar surface area (TPSA) is 79.2 Å². The van der Waals surface area contributed by atoms with Gasteiger partial charge in [-0.1, -0.05) is 17.4 Å². The number of rotatable bonds is 5. The molecule has 1 N–H and O–H groups in total. The van der Waals surface area contributed by atoms with Crippen LogP contribution >= 0.6 is 34.0 Å². The standard InChI is InChI=1S/C22H19N3O3S3/c26-14(15-6-4-10-28-15)12-19-23-21(27)18(30-19)13-17-20(16-7-5-11-29-16)24-22(31-17)25-8-2-1-3-9-25/h4-7,10-13H,1-3,8-9H2,(H,23,27). The number of nitrogens with one attached hydrogen (secondary N) is 1. The fraction of sp³-hybridized carbons (Fsp3) is 0.227. The van der Waals surface area contributed by atoms with E-state index >= 15 is 0 Å². The summed E-state index contributed by atoms with van der Waals surface area (Å²) in [6, 6.07) is 7.32. The lowest BCUT2D eigenvalue weighted by molar-refractivity contribution is 0.103. The molecule has 0 amide bonds. The van der Waals surface area contributed by atoms with Gasteiger partial charge in [0.15, 0.2) is 10.9 Å². The van der Waals surface area contributed by atoms with Crippen LogP contribution in [0.15, 0.2) is 45.1 Å². The Hall–Kier alpha value is -2.75. The SMILES string of the molecule is O=C(C=c1[nH]c(=O)c(=Cc2sc(N3CCCCC3)nc2-c2cccs2)s1)c1ccco1. The van der Waals surface area contributed by atoms with Gasteiger partial charge in [0.2, 0.25) is 5.78 Å². The van der Waals surface area contributed by atoms with Crippen LogP contribution in [0.5, 0.6) is 0 Å². The number of ketones is 1. The van der Waals surface area contributed by atoms with Crippen molar-refractivity contribution in [3.05, 3.63) is 66.1 Å². The molecule has 0 spiro atoms. The number of hydrogen-bond donors (Lipinski definition) is 1. The van der Waals surface area contributed by atoms with E-state index in [1.165, 1.54) is 42.9 Å². The lowest BCUT2D eigenvalue weighted by Gasteiger charge is -2.25. The van der Waals surface area contributed by atoms with Crippen LogP contribution in [0.2, 0.25) is 0 Å². The number of anilines is 1. The Balaban J connectivity index is 1.56.